The molecule has 0 saturated carbocycles. The summed E-state index contributed by atoms with van der Waals surface area (Å²) in [7, 11) is -3.38. The van der Waals surface area contributed by atoms with E-state index in [2.05, 4.69) is 0 Å². The Balaban J connectivity index is 2.11. The second-order valence-corrected chi connectivity index (χ2v) is 6.73. The Morgan fingerprint density at radius 2 is 1.90 bits per heavy atom. The molecule has 1 aromatic carbocycles. The van der Waals surface area contributed by atoms with E-state index in [1.54, 1.807) is 0 Å². The summed E-state index contributed by atoms with van der Waals surface area (Å²) in [6, 6.07) is 4.06. The van der Waals surface area contributed by atoms with E-state index in [0.29, 0.717) is 38.5 Å². The average molecular weight is 302 g/mol. The minimum atomic E-state index is -3.38. The summed E-state index contributed by atoms with van der Waals surface area (Å²) in [5.74, 6) is -0.502. The summed E-state index contributed by atoms with van der Waals surface area (Å²) in [6.07, 6.45) is 1.07. The van der Waals surface area contributed by atoms with E-state index in [4.69, 9.17) is 4.84 Å². The van der Waals surface area contributed by atoms with Gasteiger partial charge in [-0.3, -0.25) is 4.84 Å². The zero-order chi connectivity index (χ0) is 14.8. The zero-order valence-corrected chi connectivity index (χ0v) is 12.5. The molecule has 1 aliphatic heterocycles. The number of piperazine rings is 1. The second kappa shape index (κ2) is 6.07. The van der Waals surface area contributed by atoms with Crippen LogP contribution in [0.15, 0.2) is 23.1 Å². The summed E-state index contributed by atoms with van der Waals surface area (Å²) >= 11 is 0. The van der Waals surface area contributed by atoms with Crippen molar-refractivity contribution in [3.63, 3.8) is 0 Å². The molecule has 0 bridgehead atoms. The molecule has 0 aromatic heterocycles. The number of benzene rings is 1. The number of sulfone groups is 1. The monoisotopic (exact) mass is 302 g/mol. The molecule has 1 fully saturated rings. The quantitative estimate of drug-likeness (QED) is 0.839. The van der Waals surface area contributed by atoms with E-state index >= 15 is 0 Å². The number of rotatable bonds is 4. The highest BCUT2D eigenvalue weighted by Crippen LogP contribution is 2.23. The summed E-state index contributed by atoms with van der Waals surface area (Å²) in [6.45, 7) is 5.24. The van der Waals surface area contributed by atoms with E-state index in [9.17, 15) is 12.8 Å². The van der Waals surface area contributed by atoms with E-state index in [0.717, 1.165) is 12.3 Å². The van der Waals surface area contributed by atoms with Crippen LogP contribution >= 0.6 is 0 Å². The molecule has 7 heteroatoms. The molecule has 0 aliphatic carbocycles. The lowest BCUT2D eigenvalue weighted by molar-refractivity contribution is -0.156. The number of hydrogen-bond donors (Lipinski definition) is 0. The third-order valence-electron chi connectivity index (χ3n) is 3.24. The molecular weight excluding hydrogens is 283 g/mol. The third kappa shape index (κ3) is 3.47. The maximum atomic E-state index is 14.1. The number of anilines is 1. The minimum absolute atomic E-state index is 0.00621. The van der Waals surface area contributed by atoms with E-state index < -0.39 is 15.7 Å². The van der Waals surface area contributed by atoms with Crippen molar-refractivity contribution in [1.82, 2.24) is 5.06 Å². The molecule has 112 valence electrons. The topological polar surface area (TPSA) is 49.9 Å². The Hall–Kier alpha value is -1.18. The molecule has 1 saturated heterocycles. The number of hydroxylamine groups is 2. The van der Waals surface area contributed by atoms with Gasteiger partial charge in [-0.05, 0) is 25.1 Å². The third-order valence-corrected chi connectivity index (χ3v) is 4.35. The van der Waals surface area contributed by atoms with Crippen LogP contribution in [-0.4, -0.2) is 52.5 Å². The largest absolute Gasteiger partial charge is 0.366 e. The Kier molecular flexibility index (Phi) is 4.62. The molecule has 1 heterocycles. The smallest absolute Gasteiger partial charge is 0.175 e. The summed E-state index contributed by atoms with van der Waals surface area (Å²) < 4.78 is 36.8. The van der Waals surface area contributed by atoms with Gasteiger partial charge in [0.2, 0.25) is 0 Å². The first-order chi connectivity index (χ1) is 9.41. The van der Waals surface area contributed by atoms with Gasteiger partial charge in [0.05, 0.1) is 17.2 Å². The molecule has 2 rings (SSSR count). The first-order valence-electron chi connectivity index (χ1n) is 6.54. The SMILES string of the molecule is CCON1CCN(c2ccc(S(C)(=O)=O)cc2F)CC1. The van der Waals surface area contributed by atoms with Crippen LogP contribution in [-0.2, 0) is 14.7 Å². The number of hydrogen-bond acceptors (Lipinski definition) is 5. The van der Waals surface area contributed by atoms with Crippen molar-refractivity contribution in [3.8, 4) is 0 Å². The van der Waals surface area contributed by atoms with Gasteiger partial charge in [0, 0.05) is 32.4 Å². The van der Waals surface area contributed by atoms with Crippen LogP contribution in [0.2, 0.25) is 0 Å². The number of nitrogens with zero attached hydrogens (tertiary/aromatic N) is 2. The van der Waals surface area contributed by atoms with Gasteiger partial charge in [-0.15, -0.1) is 0 Å². The van der Waals surface area contributed by atoms with Crippen molar-refractivity contribution in [2.45, 2.75) is 11.8 Å². The fraction of sp³-hybridized carbons (Fsp3) is 0.538. The molecule has 0 radical (unpaired) electrons. The normalized spacial score (nSPS) is 17.4. The molecule has 5 nitrogen and oxygen atoms in total. The molecule has 0 atom stereocenters. The zero-order valence-electron chi connectivity index (χ0n) is 11.7. The predicted molar refractivity (Wildman–Crippen MR) is 74.9 cm³/mol. The lowest BCUT2D eigenvalue weighted by Crippen LogP contribution is -2.46. The molecule has 0 amide bonds. The van der Waals surface area contributed by atoms with Gasteiger partial charge in [0.1, 0.15) is 5.82 Å². The van der Waals surface area contributed by atoms with Gasteiger partial charge in [0.25, 0.3) is 0 Å². The Bertz CT molecular complexity index is 569. The van der Waals surface area contributed by atoms with E-state index in [1.165, 1.54) is 12.1 Å². The maximum Gasteiger partial charge on any atom is 0.175 e. The van der Waals surface area contributed by atoms with Crippen molar-refractivity contribution >= 4 is 15.5 Å². The Morgan fingerprint density at radius 3 is 2.40 bits per heavy atom. The van der Waals surface area contributed by atoms with Crippen LogP contribution in [0.3, 0.4) is 0 Å². The first kappa shape index (κ1) is 15.2. The van der Waals surface area contributed by atoms with Crippen LogP contribution in [0.1, 0.15) is 6.92 Å². The number of halogens is 1. The van der Waals surface area contributed by atoms with Crippen molar-refractivity contribution in [1.29, 1.82) is 0 Å². The van der Waals surface area contributed by atoms with Crippen LogP contribution in [0, 0.1) is 5.82 Å². The molecule has 1 aliphatic rings. The summed E-state index contributed by atoms with van der Waals surface area (Å²) in [4.78, 5) is 7.30. The maximum absolute atomic E-state index is 14.1. The molecule has 20 heavy (non-hydrogen) atoms. The van der Waals surface area contributed by atoms with E-state index in [1.807, 2.05) is 16.9 Å². The second-order valence-electron chi connectivity index (χ2n) is 4.72. The van der Waals surface area contributed by atoms with Crippen molar-refractivity contribution in [2.75, 3.05) is 43.9 Å². The van der Waals surface area contributed by atoms with Gasteiger partial charge in [0.15, 0.2) is 9.84 Å². The van der Waals surface area contributed by atoms with Crippen molar-refractivity contribution in [2.24, 2.45) is 0 Å². The van der Waals surface area contributed by atoms with Crippen LogP contribution in [0.4, 0.5) is 10.1 Å². The molecule has 0 N–H and O–H groups in total. The standard InChI is InChI=1S/C13H19FN2O3S/c1-3-19-16-8-6-15(7-9-16)13-5-4-11(10-12(13)14)20(2,17)18/h4-5,10H,3,6-9H2,1-2H3. The average Bonchev–Trinajstić information content (AvgIpc) is 2.39. The van der Waals surface area contributed by atoms with Crippen molar-refractivity contribution in [3.05, 3.63) is 24.0 Å². The fourth-order valence-corrected chi connectivity index (χ4v) is 2.85. The molecule has 0 unspecified atom stereocenters. The van der Waals surface area contributed by atoms with Gasteiger partial charge >= 0.3 is 0 Å². The fourth-order valence-electron chi connectivity index (χ4n) is 2.22. The highest BCUT2D eigenvalue weighted by Gasteiger charge is 2.20. The first-order valence-corrected chi connectivity index (χ1v) is 8.43. The lowest BCUT2D eigenvalue weighted by Gasteiger charge is -2.35. The van der Waals surface area contributed by atoms with Crippen LogP contribution in [0.25, 0.3) is 0 Å². The minimum Gasteiger partial charge on any atom is -0.366 e. The van der Waals surface area contributed by atoms with Crippen LogP contribution < -0.4 is 4.90 Å². The lowest BCUT2D eigenvalue weighted by atomic mass is 10.2. The van der Waals surface area contributed by atoms with Gasteiger partial charge in [-0.1, -0.05) is 0 Å². The predicted octanol–water partition coefficient (Wildman–Crippen LogP) is 1.30. The van der Waals surface area contributed by atoms with Gasteiger partial charge < -0.3 is 4.90 Å². The Morgan fingerprint density at radius 1 is 1.25 bits per heavy atom. The molecule has 1 aromatic rings. The summed E-state index contributed by atoms with van der Waals surface area (Å²) in [5, 5.41) is 1.86. The Labute approximate surface area is 118 Å². The van der Waals surface area contributed by atoms with E-state index in [-0.39, 0.29) is 4.90 Å². The highest BCUT2D eigenvalue weighted by molar-refractivity contribution is 7.90. The summed E-state index contributed by atoms with van der Waals surface area (Å²) in [5.41, 5.74) is 0.438. The van der Waals surface area contributed by atoms with Crippen LogP contribution in [0.5, 0.6) is 0 Å². The van der Waals surface area contributed by atoms with Gasteiger partial charge in [-0.25, -0.2) is 12.8 Å². The van der Waals surface area contributed by atoms with Gasteiger partial charge in [-0.2, -0.15) is 5.06 Å². The molecular formula is C13H19FN2O3S. The molecule has 0 spiro atoms. The van der Waals surface area contributed by atoms with Crippen molar-refractivity contribution < 1.29 is 17.6 Å². The highest BCUT2D eigenvalue weighted by atomic mass is 32.2.